The zero-order valence-corrected chi connectivity index (χ0v) is 9.02. The van der Waals surface area contributed by atoms with Gasteiger partial charge < -0.3 is 4.74 Å². The van der Waals surface area contributed by atoms with Gasteiger partial charge in [-0.25, -0.2) is 0 Å². The molecule has 0 aromatic heterocycles. The van der Waals surface area contributed by atoms with Gasteiger partial charge in [0.05, 0.1) is 6.10 Å². The molecule has 3 heteroatoms. The van der Waals surface area contributed by atoms with Gasteiger partial charge in [0.1, 0.15) is 0 Å². The third-order valence-electron chi connectivity index (χ3n) is 2.26. The van der Waals surface area contributed by atoms with Crippen LogP contribution < -0.4 is 0 Å². The Hall–Kier alpha value is -0.0500. The Balaban J connectivity index is 2.28. The van der Waals surface area contributed by atoms with Crippen molar-refractivity contribution < 1.29 is 4.74 Å². The van der Waals surface area contributed by atoms with E-state index in [9.17, 15) is 0 Å². The van der Waals surface area contributed by atoms with Gasteiger partial charge >= 0.3 is 0 Å². The molecular weight excluding hydrogens is 186 g/mol. The molecule has 1 aliphatic heterocycles. The van der Waals surface area contributed by atoms with E-state index < -0.39 is 0 Å². The van der Waals surface area contributed by atoms with Gasteiger partial charge in [-0.3, -0.25) is 4.90 Å². The first-order chi connectivity index (χ1) is 6.22. The second kappa shape index (κ2) is 5.63. The number of piperidine rings is 1. The van der Waals surface area contributed by atoms with Crippen molar-refractivity contribution in [3.8, 4) is 0 Å². The Morgan fingerprint density at radius 2 is 2.46 bits per heavy atom. The van der Waals surface area contributed by atoms with Gasteiger partial charge in [0, 0.05) is 24.7 Å². The molecule has 0 amide bonds. The summed E-state index contributed by atoms with van der Waals surface area (Å²) in [6, 6.07) is 0. The number of hydrogen-bond acceptors (Lipinski definition) is 2. The minimum atomic E-state index is 0.398. The van der Waals surface area contributed by atoms with Crippen LogP contribution in [0.4, 0.5) is 0 Å². The third kappa shape index (κ3) is 4.12. The molecule has 0 N–H and O–H groups in total. The van der Waals surface area contributed by atoms with Crippen molar-refractivity contribution in [3.63, 3.8) is 0 Å². The molecule has 1 atom stereocenters. The van der Waals surface area contributed by atoms with E-state index in [1.165, 1.54) is 12.8 Å². The molecule has 0 spiro atoms. The maximum Gasteiger partial charge on any atom is 0.0702 e. The highest BCUT2D eigenvalue weighted by Gasteiger charge is 2.19. The quantitative estimate of drug-likeness (QED) is 0.695. The summed E-state index contributed by atoms with van der Waals surface area (Å²) in [6.07, 6.45) is 2.78. The summed E-state index contributed by atoms with van der Waals surface area (Å²) in [5.74, 6) is 0. The molecule has 1 saturated heterocycles. The molecule has 1 fully saturated rings. The van der Waals surface area contributed by atoms with Gasteiger partial charge in [0.25, 0.3) is 0 Å². The fourth-order valence-corrected chi connectivity index (χ4v) is 1.94. The predicted octanol–water partition coefficient (Wildman–Crippen LogP) is 2.24. The first-order valence-corrected chi connectivity index (χ1v) is 5.27. The normalized spacial score (nSPS) is 24.6. The SMILES string of the molecule is C=C(Cl)CN1CCC[C@H](OCC)C1. The molecule has 1 aliphatic rings. The average Bonchev–Trinajstić information content (AvgIpc) is 2.04. The molecule has 1 rings (SSSR count). The van der Waals surface area contributed by atoms with E-state index in [1.54, 1.807) is 0 Å². The van der Waals surface area contributed by atoms with Crippen LogP contribution in [-0.4, -0.2) is 37.2 Å². The molecule has 76 valence electrons. The van der Waals surface area contributed by atoms with Crippen molar-refractivity contribution in [2.45, 2.75) is 25.9 Å². The zero-order valence-electron chi connectivity index (χ0n) is 8.26. The number of hydrogen-bond donors (Lipinski definition) is 0. The fourth-order valence-electron chi connectivity index (χ4n) is 1.77. The van der Waals surface area contributed by atoms with Gasteiger partial charge in [-0.1, -0.05) is 18.2 Å². The molecule has 0 unspecified atom stereocenters. The highest BCUT2D eigenvalue weighted by atomic mass is 35.5. The molecule has 0 aromatic rings. The number of ether oxygens (including phenoxy) is 1. The molecule has 0 radical (unpaired) electrons. The van der Waals surface area contributed by atoms with Crippen LogP contribution in [0.15, 0.2) is 11.6 Å². The molecule has 0 bridgehead atoms. The Labute approximate surface area is 85.5 Å². The van der Waals surface area contributed by atoms with E-state index in [-0.39, 0.29) is 0 Å². The zero-order chi connectivity index (χ0) is 9.68. The van der Waals surface area contributed by atoms with Gasteiger partial charge in [0.2, 0.25) is 0 Å². The third-order valence-corrected chi connectivity index (χ3v) is 2.38. The van der Waals surface area contributed by atoms with E-state index in [0.29, 0.717) is 6.10 Å². The molecule has 0 aromatic carbocycles. The van der Waals surface area contributed by atoms with Gasteiger partial charge in [0.15, 0.2) is 0 Å². The summed E-state index contributed by atoms with van der Waals surface area (Å²) < 4.78 is 5.58. The van der Waals surface area contributed by atoms with Crippen LogP contribution in [0.5, 0.6) is 0 Å². The maximum atomic E-state index is 5.76. The standard InChI is InChI=1S/C10H18ClNO/c1-3-13-10-5-4-6-12(8-10)7-9(2)11/h10H,2-8H2,1H3/t10-/m0/s1. The van der Waals surface area contributed by atoms with Crippen LogP contribution >= 0.6 is 11.6 Å². The number of likely N-dealkylation sites (tertiary alicyclic amines) is 1. The van der Waals surface area contributed by atoms with Crippen LogP contribution in [0.1, 0.15) is 19.8 Å². The average molecular weight is 204 g/mol. The highest BCUT2D eigenvalue weighted by molar-refractivity contribution is 6.29. The summed E-state index contributed by atoms with van der Waals surface area (Å²) in [7, 11) is 0. The molecule has 0 saturated carbocycles. The molecular formula is C10H18ClNO. The van der Waals surface area contributed by atoms with E-state index >= 15 is 0 Å². The predicted molar refractivity (Wildman–Crippen MR) is 56.1 cm³/mol. The van der Waals surface area contributed by atoms with Crippen molar-refractivity contribution >= 4 is 11.6 Å². The summed E-state index contributed by atoms with van der Waals surface area (Å²) in [6.45, 7) is 9.47. The summed E-state index contributed by atoms with van der Waals surface area (Å²) in [5, 5.41) is 0.720. The lowest BCUT2D eigenvalue weighted by Crippen LogP contribution is -2.40. The fraction of sp³-hybridized carbons (Fsp3) is 0.800. The van der Waals surface area contributed by atoms with Crippen molar-refractivity contribution in [1.29, 1.82) is 0 Å². The lowest BCUT2D eigenvalue weighted by molar-refractivity contribution is 0.00903. The van der Waals surface area contributed by atoms with Gasteiger partial charge in [-0.05, 0) is 26.3 Å². The van der Waals surface area contributed by atoms with E-state index in [4.69, 9.17) is 16.3 Å². The Kier molecular flexibility index (Phi) is 4.78. The minimum Gasteiger partial charge on any atom is -0.377 e. The number of rotatable bonds is 4. The van der Waals surface area contributed by atoms with Crippen LogP contribution in [0, 0.1) is 0 Å². The van der Waals surface area contributed by atoms with Crippen molar-refractivity contribution in [1.82, 2.24) is 4.90 Å². The molecule has 13 heavy (non-hydrogen) atoms. The topological polar surface area (TPSA) is 12.5 Å². The van der Waals surface area contributed by atoms with E-state index in [0.717, 1.165) is 31.3 Å². The largest absolute Gasteiger partial charge is 0.377 e. The summed E-state index contributed by atoms with van der Waals surface area (Å²) >= 11 is 5.76. The number of nitrogens with zero attached hydrogens (tertiary/aromatic N) is 1. The smallest absolute Gasteiger partial charge is 0.0702 e. The van der Waals surface area contributed by atoms with Crippen LogP contribution in [-0.2, 0) is 4.74 Å². The lowest BCUT2D eigenvalue weighted by Gasteiger charge is -2.32. The highest BCUT2D eigenvalue weighted by Crippen LogP contribution is 2.14. The van der Waals surface area contributed by atoms with Gasteiger partial charge in [-0.15, -0.1) is 0 Å². The lowest BCUT2D eigenvalue weighted by atomic mass is 10.1. The second-order valence-corrected chi connectivity index (χ2v) is 4.01. The molecule has 1 heterocycles. The van der Waals surface area contributed by atoms with Crippen molar-refractivity contribution in [3.05, 3.63) is 11.6 Å². The van der Waals surface area contributed by atoms with Crippen molar-refractivity contribution in [2.24, 2.45) is 0 Å². The minimum absolute atomic E-state index is 0.398. The Morgan fingerprint density at radius 1 is 1.69 bits per heavy atom. The van der Waals surface area contributed by atoms with E-state index in [1.807, 2.05) is 6.92 Å². The Bertz CT molecular complexity index is 170. The van der Waals surface area contributed by atoms with Crippen LogP contribution in [0.2, 0.25) is 0 Å². The molecule has 2 nitrogen and oxygen atoms in total. The first-order valence-electron chi connectivity index (χ1n) is 4.89. The molecule has 0 aliphatic carbocycles. The Morgan fingerprint density at radius 3 is 3.08 bits per heavy atom. The van der Waals surface area contributed by atoms with Crippen LogP contribution in [0.25, 0.3) is 0 Å². The van der Waals surface area contributed by atoms with Gasteiger partial charge in [-0.2, -0.15) is 0 Å². The summed E-state index contributed by atoms with van der Waals surface area (Å²) in [4.78, 5) is 2.30. The summed E-state index contributed by atoms with van der Waals surface area (Å²) in [5.41, 5.74) is 0. The van der Waals surface area contributed by atoms with Crippen LogP contribution in [0.3, 0.4) is 0 Å². The van der Waals surface area contributed by atoms with Crippen molar-refractivity contribution in [2.75, 3.05) is 26.2 Å². The maximum absolute atomic E-state index is 5.76. The monoisotopic (exact) mass is 203 g/mol. The van der Waals surface area contributed by atoms with E-state index in [2.05, 4.69) is 11.5 Å². The number of halogens is 1. The second-order valence-electron chi connectivity index (χ2n) is 3.47. The first kappa shape index (κ1) is 11.0.